The maximum Gasteiger partial charge on any atom is 0.338 e. The SMILES string of the molecule is CCOC(=O)c1ccc(N)c(Nc2ccc(F)cc2F)c1. The molecule has 2 aromatic carbocycles. The van der Waals surface area contributed by atoms with Crippen molar-refractivity contribution < 1.29 is 18.3 Å². The summed E-state index contributed by atoms with van der Waals surface area (Å²) >= 11 is 0. The van der Waals surface area contributed by atoms with Crippen molar-refractivity contribution in [1.82, 2.24) is 0 Å². The molecule has 0 aliphatic rings. The number of rotatable bonds is 4. The number of carbonyl (C=O) groups excluding carboxylic acids is 1. The van der Waals surface area contributed by atoms with Crippen molar-refractivity contribution in [3.63, 3.8) is 0 Å². The zero-order valence-corrected chi connectivity index (χ0v) is 11.3. The van der Waals surface area contributed by atoms with Crippen LogP contribution in [-0.4, -0.2) is 12.6 Å². The number of hydrogen-bond donors (Lipinski definition) is 2. The third-order valence-electron chi connectivity index (χ3n) is 2.76. The first-order chi connectivity index (χ1) is 10.0. The Morgan fingerprint density at radius 3 is 2.62 bits per heavy atom. The first kappa shape index (κ1) is 14.8. The van der Waals surface area contributed by atoms with E-state index in [1.54, 1.807) is 6.92 Å². The largest absolute Gasteiger partial charge is 0.462 e. The van der Waals surface area contributed by atoms with Gasteiger partial charge in [-0.15, -0.1) is 0 Å². The predicted molar refractivity (Wildman–Crippen MR) is 76.5 cm³/mol. The molecule has 0 amide bonds. The Balaban J connectivity index is 2.30. The molecule has 110 valence electrons. The fraction of sp³-hybridized carbons (Fsp3) is 0.133. The highest BCUT2D eigenvalue weighted by molar-refractivity contribution is 5.92. The van der Waals surface area contributed by atoms with Gasteiger partial charge in [-0.25, -0.2) is 13.6 Å². The third-order valence-corrected chi connectivity index (χ3v) is 2.76. The maximum atomic E-state index is 13.6. The highest BCUT2D eigenvalue weighted by Crippen LogP contribution is 2.26. The van der Waals surface area contributed by atoms with Gasteiger partial charge in [0.25, 0.3) is 0 Å². The van der Waals surface area contributed by atoms with E-state index in [4.69, 9.17) is 10.5 Å². The second-order valence-electron chi connectivity index (χ2n) is 4.27. The molecule has 0 spiro atoms. The molecule has 0 radical (unpaired) electrons. The lowest BCUT2D eigenvalue weighted by atomic mass is 10.1. The third kappa shape index (κ3) is 3.47. The van der Waals surface area contributed by atoms with Gasteiger partial charge in [-0.1, -0.05) is 0 Å². The Labute approximate surface area is 120 Å². The van der Waals surface area contributed by atoms with Crippen molar-refractivity contribution in [2.75, 3.05) is 17.7 Å². The summed E-state index contributed by atoms with van der Waals surface area (Å²) in [6, 6.07) is 7.61. The minimum atomic E-state index is -0.754. The van der Waals surface area contributed by atoms with Crippen LogP contribution in [0.15, 0.2) is 36.4 Å². The smallest absolute Gasteiger partial charge is 0.338 e. The average Bonchev–Trinajstić information content (AvgIpc) is 2.44. The highest BCUT2D eigenvalue weighted by Gasteiger charge is 2.11. The van der Waals surface area contributed by atoms with E-state index < -0.39 is 17.6 Å². The molecule has 0 aliphatic heterocycles. The van der Waals surface area contributed by atoms with Gasteiger partial charge >= 0.3 is 5.97 Å². The molecule has 0 heterocycles. The molecule has 0 saturated carbocycles. The lowest BCUT2D eigenvalue weighted by molar-refractivity contribution is 0.0526. The van der Waals surface area contributed by atoms with E-state index in [9.17, 15) is 13.6 Å². The van der Waals surface area contributed by atoms with Crippen molar-refractivity contribution in [2.45, 2.75) is 6.92 Å². The van der Waals surface area contributed by atoms with Crippen LogP contribution in [0.3, 0.4) is 0 Å². The molecule has 4 nitrogen and oxygen atoms in total. The number of nitrogen functional groups attached to an aromatic ring is 1. The van der Waals surface area contributed by atoms with Gasteiger partial charge in [0, 0.05) is 6.07 Å². The summed E-state index contributed by atoms with van der Waals surface area (Å²) in [6.45, 7) is 1.95. The van der Waals surface area contributed by atoms with Crippen LogP contribution < -0.4 is 11.1 Å². The normalized spacial score (nSPS) is 10.2. The van der Waals surface area contributed by atoms with Crippen LogP contribution in [0.5, 0.6) is 0 Å². The number of benzene rings is 2. The summed E-state index contributed by atoms with van der Waals surface area (Å²) in [5, 5.41) is 2.73. The highest BCUT2D eigenvalue weighted by atomic mass is 19.1. The van der Waals surface area contributed by atoms with E-state index in [0.29, 0.717) is 11.4 Å². The Morgan fingerprint density at radius 1 is 1.19 bits per heavy atom. The quantitative estimate of drug-likeness (QED) is 0.669. The second kappa shape index (κ2) is 6.21. The molecule has 0 atom stereocenters. The van der Waals surface area contributed by atoms with Crippen molar-refractivity contribution in [1.29, 1.82) is 0 Å². The van der Waals surface area contributed by atoms with Gasteiger partial charge in [-0.05, 0) is 37.3 Å². The standard InChI is InChI=1S/C15H14F2N2O2/c1-2-21-15(20)9-3-5-12(18)14(7-9)19-13-6-4-10(16)8-11(13)17/h3-8,19H,2,18H2,1H3. The van der Waals surface area contributed by atoms with Crippen LogP contribution in [0.25, 0.3) is 0 Å². The number of anilines is 3. The van der Waals surface area contributed by atoms with Crippen LogP contribution in [0.2, 0.25) is 0 Å². The first-order valence-corrected chi connectivity index (χ1v) is 6.30. The molecule has 0 aromatic heterocycles. The summed E-state index contributed by atoms with van der Waals surface area (Å²) in [7, 11) is 0. The van der Waals surface area contributed by atoms with Crippen LogP contribution in [0.1, 0.15) is 17.3 Å². The first-order valence-electron chi connectivity index (χ1n) is 6.30. The number of carbonyl (C=O) groups is 1. The van der Waals surface area contributed by atoms with E-state index >= 15 is 0 Å². The number of halogens is 2. The number of nitrogens with two attached hydrogens (primary N) is 1. The summed E-state index contributed by atoms with van der Waals surface area (Å²) < 4.78 is 31.4. The second-order valence-corrected chi connectivity index (χ2v) is 4.27. The lowest BCUT2D eigenvalue weighted by Gasteiger charge is -2.12. The summed E-state index contributed by atoms with van der Waals surface area (Å²) in [4.78, 5) is 11.7. The maximum absolute atomic E-state index is 13.6. The van der Waals surface area contributed by atoms with Crippen molar-refractivity contribution in [3.8, 4) is 0 Å². The Bertz CT molecular complexity index is 675. The fourth-order valence-corrected chi connectivity index (χ4v) is 1.74. The summed E-state index contributed by atoms with van der Waals surface area (Å²) in [6.07, 6.45) is 0. The fourth-order valence-electron chi connectivity index (χ4n) is 1.74. The number of esters is 1. The van der Waals surface area contributed by atoms with E-state index in [1.165, 1.54) is 24.3 Å². The van der Waals surface area contributed by atoms with Gasteiger partial charge in [-0.2, -0.15) is 0 Å². The number of nitrogens with one attached hydrogen (secondary N) is 1. The van der Waals surface area contributed by atoms with Gasteiger partial charge < -0.3 is 15.8 Å². The average molecular weight is 292 g/mol. The number of hydrogen-bond acceptors (Lipinski definition) is 4. The zero-order valence-electron chi connectivity index (χ0n) is 11.3. The molecule has 0 bridgehead atoms. The monoisotopic (exact) mass is 292 g/mol. The van der Waals surface area contributed by atoms with Gasteiger partial charge in [0.05, 0.1) is 29.2 Å². The molecule has 0 aliphatic carbocycles. The van der Waals surface area contributed by atoms with Crippen LogP contribution in [0, 0.1) is 11.6 Å². The molecule has 6 heteroatoms. The molecule has 0 unspecified atom stereocenters. The topological polar surface area (TPSA) is 64.3 Å². The minimum Gasteiger partial charge on any atom is -0.462 e. The molecular formula is C15H14F2N2O2. The molecule has 0 fully saturated rings. The Kier molecular flexibility index (Phi) is 4.37. The van der Waals surface area contributed by atoms with Gasteiger partial charge in [0.1, 0.15) is 11.6 Å². The van der Waals surface area contributed by atoms with E-state index in [-0.39, 0.29) is 17.9 Å². The molecule has 3 N–H and O–H groups in total. The number of ether oxygens (including phenoxy) is 1. The van der Waals surface area contributed by atoms with Crippen molar-refractivity contribution >= 4 is 23.0 Å². The lowest BCUT2D eigenvalue weighted by Crippen LogP contribution is -2.06. The van der Waals surface area contributed by atoms with Gasteiger partial charge in [0.2, 0.25) is 0 Å². The molecular weight excluding hydrogens is 278 g/mol. The van der Waals surface area contributed by atoms with E-state index in [2.05, 4.69) is 5.32 Å². The van der Waals surface area contributed by atoms with Crippen LogP contribution in [-0.2, 0) is 4.74 Å². The van der Waals surface area contributed by atoms with Crippen molar-refractivity contribution in [3.05, 3.63) is 53.6 Å². The molecule has 0 saturated heterocycles. The molecule has 2 aromatic rings. The Hall–Kier alpha value is -2.63. The van der Waals surface area contributed by atoms with Gasteiger partial charge in [-0.3, -0.25) is 0 Å². The predicted octanol–water partition coefficient (Wildman–Crippen LogP) is 3.47. The zero-order chi connectivity index (χ0) is 15.4. The van der Waals surface area contributed by atoms with E-state index in [0.717, 1.165) is 12.1 Å². The summed E-state index contributed by atoms with van der Waals surface area (Å²) in [5.74, 6) is -1.93. The summed E-state index contributed by atoms with van der Waals surface area (Å²) in [5.41, 5.74) is 6.79. The molecule has 2 rings (SSSR count). The van der Waals surface area contributed by atoms with Crippen LogP contribution in [0.4, 0.5) is 25.8 Å². The molecule has 21 heavy (non-hydrogen) atoms. The van der Waals surface area contributed by atoms with Crippen molar-refractivity contribution in [2.24, 2.45) is 0 Å². The van der Waals surface area contributed by atoms with E-state index in [1.807, 2.05) is 0 Å². The van der Waals surface area contributed by atoms with Gasteiger partial charge in [0.15, 0.2) is 0 Å². The Morgan fingerprint density at radius 2 is 1.95 bits per heavy atom. The van der Waals surface area contributed by atoms with Crippen LogP contribution >= 0.6 is 0 Å². The minimum absolute atomic E-state index is 0.0594.